The van der Waals surface area contributed by atoms with E-state index in [1.165, 1.54) is 6.07 Å². The molecule has 0 radical (unpaired) electrons. The molecule has 1 amide bonds. The molecule has 0 saturated carbocycles. The van der Waals surface area contributed by atoms with Gasteiger partial charge in [0.15, 0.2) is 0 Å². The Hall–Kier alpha value is -1.63. The van der Waals surface area contributed by atoms with Gasteiger partial charge in [-0.25, -0.2) is 13.6 Å². The Morgan fingerprint density at radius 3 is 2.65 bits per heavy atom. The molecule has 2 N–H and O–H groups in total. The maximum Gasteiger partial charge on any atom is 0.326 e. The molecule has 0 aliphatic carbocycles. The Kier molecular flexibility index (Phi) is 6.44. The zero-order valence-electron chi connectivity index (χ0n) is 10.9. The zero-order valence-corrected chi connectivity index (χ0v) is 11.7. The second-order valence-corrected chi connectivity index (χ2v) is 5.13. The lowest BCUT2D eigenvalue weighted by Crippen LogP contribution is -2.41. The normalized spacial score (nSPS) is 11.9. The van der Waals surface area contributed by atoms with Crippen molar-refractivity contribution in [3.05, 3.63) is 29.8 Å². The van der Waals surface area contributed by atoms with Crippen molar-refractivity contribution >= 4 is 23.6 Å². The van der Waals surface area contributed by atoms with Crippen molar-refractivity contribution in [3.63, 3.8) is 0 Å². The van der Waals surface area contributed by atoms with Crippen molar-refractivity contribution in [2.75, 3.05) is 5.75 Å². The van der Waals surface area contributed by atoms with Crippen molar-refractivity contribution < 1.29 is 23.5 Å². The smallest absolute Gasteiger partial charge is 0.326 e. The van der Waals surface area contributed by atoms with Gasteiger partial charge in [-0.05, 0) is 18.6 Å². The molecule has 0 bridgehead atoms. The van der Waals surface area contributed by atoms with Crippen LogP contribution >= 0.6 is 11.8 Å². The van der Waals surface area contributed by atoms with Gasteiger partial charge in [-0.3, -0.25) is 4.79 Å². The number of carboxylic acids is 1. The lowest BCUT2D eigenvalue weighted by molar-refractivity contribution is -0.141. The predicted molar refractivity (Wildman–Crippen MR) is 71.6 cm³/mol. The summed E-state index contributed by atoms with van der Waals surface area (Å²) in [6, 6.07) is 2.13. The van der Waals surface area contributed by atoms with E-state index in [9.17, 15) is 18.4 Å². The minimum absolute atomic E-state index is 0.129. The summed E-state index contributed by atoms with van der Waals surface area (Å²) in [5, 5.41) is 11.3. The molecule has 0 saturated heterocycles. The molecule has 0 aliphatic heterocycles. The van der Waals surface area contributed by atoms with Crippen LogP contribution in [0.4, 0.5) is 8.78 Å². The second kappa shape index (κ2) is 7.84. The maximum atomic E-state index is 13.3. The number of carbonyl (C=O) groups excluding carboxylic acids is 1. The topological polar surface area (TPSA) is 66.4 Å². The van der Waals surface area contributed by atoms with Crippen LogP contribution in [0, 0.1) is 11.6 Å². The van der Waals surface area contributed by atoms with E-state index in [-0.39, 0.29) is 10.6 Å². The Bertz CT molecular complexity index is 497. The van der Waals surface area contributed by atoms with E-state index in [1.54, 1.807) is 0 Å². The molecule has 0 fully saturated rings. The highest BCUT2D eigenvalue weighted by Gasteiger charge is 2.18. The Morgan fingerprint density at radius 2 is 2.10 bits per heavy atom. The van der Waals surface area contributed by atoms with Gasteiger partial charge >= 0.3 is 5.97 Å². The van der Waals surface area contributed by atoms with Gasteiger partial charge in [0.05, 0.1) is 5.75 Å². The molecule has 20 heavy (non-hydrogen) atoms. The van der Waals surface area contributed by atoms with E-state index in [4.69, 9.17) is 5.11 Å². The van der Waals surface area contributed by atoms with Crippen LogP contribution in [-0.2, 0) is 9.59 Å². The number of rotatable bonds is 7. The van der Waals surface area contributed by atoms with E-state index < -0.39 is 29.6 Å². The summed E-state index contributed by atoms with van der Waals surface area (Å²) >= 11 is 0.889. The molecule has 0 heterocycles. The fraction of sp³-hybridized carbons (Fsp3) is 0.385. The molecule has 1 aromatic rings. The van der Waals surface area contributed by atoms with Crippen molar-refractivity contribution in [1.82, 2.24) is 5.32 Å². The first kappa shape index (κ1) is 16.4. The largest absolute Gasteiger partial charge is 0.480 e. The average Bonchev–Trinajstić information content (AvgIpc) is 2.37. The Labute approximate surface area is 119 Å². The Morgan fingerprint density at radius 1 is 1.40 bits per heavy atom. The van der Waals surface area contributed by atoms with Crippen molar-refractivity contribution in [2.45, 2.75) is 30.7 Å². The van der Waals surface area contributed by atoms with Crippen LogP contribution in [0.2, 0.25) is 0 Å². The number of thioether (sulfide) groups is 1. The summed E-state index contributed by atoms with van der Waals surface area (Å²) in [6.45, 7) is 1.81. The van der Waals surface area contributed by atoms with Crippen LogP contribution in [0.15, 0.2) is 23.1 Å². The van der Waals surface area contributed by atoms with Crippen LogP contribution in [0.3, 0.4) is 0 Å². The maximum absolute atomic E-state index is 13.3. The number of halogens is 2. The van der Waals surface area contributed by atoms with Crippen molar-refractivity contribution in [2.24, 2.45) is 0 Å². The third kappa shape index (κ3) is 5.16. The van der Waals surface area contributed by atoms with Gasteiger partial charge < -0.3 is 10.4 Å². The number of aliphatic carboxylic acids is 1. The molecule has 1 aromatic carbocycles. The molecule has 1 rings (SSSR count). The molecule has 110 valence electrons. The zero-order chi connectivity index (χ0) is 15.1. The number of nitrogens with one attached hydrogen (secondary N) is 1. The highest BCUT2D eigenvalue weighted by Crippen LogP contribution is 2.22. The number of carbonyl (C=O) groups is 2. The summed E-state index contributed by atoms with van der Waals surface area (Å²) in [5.74, 6) is -3.16. The SMILES string of the molecule is CCCC(NC(=O)CSc1ccc(F)cc1F)C(=O)O. The summed E-state index contributed by atoms with van der Waals surface area (Å²) in [6.07, 6.45) is 0.952. The fourth-order valence-electron chi connectivity index (χ4n) is 1.52. The van der Waals surface area contributed by atoms with Crippen LogP contribution < -0.4 is 5.32 Å². The monoisotopic (exact) mass is 303 g/mol. The molecule has 0 aromatic heterocycles. The Balaban J connectivity index is 2.52. The van der Waals surface area contributed by atoms with Gasteiger partial charge in [-0.15, -0.1) is 11.8 Å². The third-order valence-electron chi connectivity index (χ3n) is 2.46. The highest BCUT2D eigenvalue weighted by atomic mass is 32.2. The molecule has 7 heteroatoms. The van der Waals surface area contributed by atoms with Crippen LogP contribution in [-0.4, -0.2) is 28.8 Å². The predicted octanol–water partition coefficient (Wildman–Crippen LogP) is 2.43. The van der Waals surface area contributed by atoms with Gasteiger partial charge in [0.1, 0.15) is 17.7 Å². The van der Waals surface area contributed by atoms with Crippen molar-refractivity contribution in [1.29, 1.82) is 0 Å². The molecule has 1 unspecified atom stereocenters. The fourth-order valence-corrected chi connectivity index (χ4v) is 2.25. The first-order chi connectivity index (χ1) is 9.43. The van der Waals surface area contributed by atoms with E-state index in [2.05, 4.69) is 5.32 Å². The summed E-state index contributed by atoms with van der Waals surface area (Å²) in [5.41, 5.74) is 0. The van der Waals surface area contributed by atoms with Crippen LogP contribution in [0.25, 0.3) is 0 Å². The number of benzene rings is 1. The van der Waals surface area contributed by atoms with Gasteiger partial charge in [-0.2, -0.15) is 0 Å². The first-order valence-electron chi connectivity index (χ1n) is 6.04. The molecule has 0 aliphatic rings. The van der Waals surface area contributed by atoms with Crippen LogP contribution in [0.1, 0.15) is 19.8 Å². The van der Waals surface area contributed by atoms with Crippen LogP contribution in [0.5, 0.6) is 0 Å². The van der Waals surface area contributed by atoms with Gasteiger partial charge in [0.25, 0.3) is 0 Å². The number of amides is 1. The number of hydrogen-bond acceptors (Lipinski definition) is 3. The van der Waals surface area contributed by atoms with E-state index in [0.717, 1.165) is 23.9 Å². The van der Waals surface area contributed by atoms with Gasteiger partial charge in [0.2, 0.25) is 5.91 Å². The quantitative estimate of drug-likeness (QED) is 0.759. The minimum Gasteiger partial charge on any atom is -0.480 e. The molecule has 0 spiro atoms. The molecular weight excluding hydrogens is 288 g/mol. The van der Waals surface area contributed by atoms with E-state index in [0.29, 0.717) is 12.8 Å². The first-order valence-corrected chi connectivity index (χ1v) is 7.02. The van der Waals surface area contributed by atoms with Crippen molar-refractivity contribution in [3.8, 4) is 0 Å². The lowest BCUT2D eigenvalue weighted by Gasteiger charge is -2.13. The van der Waals surface area contributed by atoms with Gasteiger partial charge in [0, 0.05) is 11.0 Å². The molecule has 4 nitrogen and oxygen atoms in total. The van der Waals surface area contributed by atoms with E-state index >= 15 is 0 Å². The summed E-state index contributed by atoms with van der Waals surface area (Å²) in [7, 11) is 0. The highest BCUT2D eigenvalue weighted by molar-refractivity contribution is 8.00. The average molecular weight is 303 g/mol. The minimum atomic E-state index is -1.10. The second-order valence-electron chi connectivity index (χ2n) is 4.11. The lowest BCUT2D eigenvalue weighted by atomic mass is 10.2. The third-order valence-corrected chi connectivity index (χ3v) is 3.51. The van der Waals surface area contributed by atoms with Gasteiger partial charge in [-0.1, -0.05) is 13.3 Å². The number of hydrogen-bond donors (Lipinski definition) is 2. The number of carboxylic acid groups (broad SMARTS) is 1. The molecular formula is C13H15F2NO3S. The van der Waals surface area contributed by atoms with E-state index in [1.807, 2.05) is 6.92 Å². The standard InChI is InChI=1S/C13H15F2NO3S/c1-2-3-10(13(18)19)16-12(17)7-20-11-5-4-8(14)6-9(11)15/h4-6,10H,2-3,7H2,1H3,(H,16,17)(H,18,19). The summed E-state index contributed by atoms with van der Waals surface area (Å²) in [4.78, 5) is 22.6. The molecule has 1 atom stereocenters. The summed E-state index contributed by atoms with van der Waals surface area (Å²) < 4.78 is 26.0.